The zero-order valence-corrected chi connectivity index (χ0v) is 25.7. The van der Waals surface area contributed by atoms with Gasteiger partial charge in [-0.2, -0.15) is 9.57 Å². The first-order valence-electron chi connectivity index (χ1n) is 14.4. The third kappa shape index (κ3) is 7.85. The van der Waals surface area contributed by atoms with Gasteiger partial charge in [0.2, 0.25) is 10.0 Å². The highest BCUT2D eigenvalue weighted by Crippen LogP contribution is 2.36. The van der Waals surface area contributed by atoms with Crippen molar-refractivity contribution >= 4 is 16.1 Å². The van der Waals surface area contributed by atoms with Gasteiger partial charge < -0.3 is 24.4 Å². The molecule has 2 fully saturated rings. The largest absolute Gasteiger partial charge is 0.497 e. The van der Waals surface area contributed by atoms with Crippen molar-refractivity contribution in [2.75, 3.05) is 33.4 Å². The number of benzene rings is 2. The summed E-state index contributed by atoms with van der Waals surface area (Å²) in [7, 11) is -2.65. The predicted octanol–water partition coefficient (Wildman–Crippen LogP) is 3.73. The second-order valence-electron chi connectivity index (χ2n) is 11.9. The Bertz CT molecular complexity index is 1360. The van der Waals surface area contributed by atoms with Gasteiger partial charge in [-0.25, -0.2) is 13.2 Å². The van der Waals surface area contributed by atoms with E-state index in [2.05, 4.69) is 6.07 Å². The first-order chi connectivity index (χ1) is 20.5. The summed E-state index contributed by atoms with van der Waals surface area (Å²) >= 11 is 0. The minimum atomic E-state index is -4.14. The first kappa shape index (κ1) is 32.7. The molecule has 5 atom stereocenters. The molecular weight excluding hydrogens is 574 g/mol. The normalized spacial score (nSPS) is 21.6. The zero-order chi connectivity index (χ0) is 31.2. The summed E-state index contributed by atoms with van der Waals surface area (Å²) in [4.78, 5) is 14.1. The molecule has 12 heteroatoms. The van der Waals surface area contributed by atoms with E-state index in [1.165, 1.54) is 28.4 Å². The highest BCUT2D eigenvalue weighted by atomic mass is 32.2. The standard InChI is InChI=1S/C31H41N3O8S/c1-31(2,15-7-16-32)21-33(43(38,39)24-12-10-23(40-3)11-13-24)19-28(35)26(18-22-8-5-4-6-9-22)34(30(36)37)27-20-42-29-25(27)14-17-41-29/h4-6,8-13,25-29,35H,7,14-15,17-21H2,1-3H3,(H,36,37)/t25-,26+,27+,28-,29+/m1/s1. The van der Waals surface area contributed by atoms with E-state index < -0.39 is 46.0 Å². The summed E-state index contributed by atoms with van der Waals surface area (Å²) in [6.07, 6.45) is -1.66. The number of fused-ring (bicyclic) bond motifs is 1. The SMILES string of the molecule is COc1ccc(S(=O)(=O)N(C[C@@H](O)[C@H](Cc2ccccc2)N(C(=O)O)[C@H]2CO[C@@H]3OCC[C@@H]32)CC(C)(C)CCC#N)cc1. The quantitative estimate of drug-likeness (QED) is 0.324. The molecule has 2 aliphatic rings. The van der Waals surface area contributed by atoms with Crippen molar-refractivity contribution in [2.24, 2.45) is 11.3 Å². The number of aliphatic hydroxyl groups excluding tert-OH is 1. The topological polar surface area (TPSA) is 150 Å². The van der Waals surface area contributed by atoms with Crippen LogP contribution in [-0.2, 0) is 25.9 Å². The fourth-order valence-electron chi connectivity index (χ4n) is 5.96. The highest BCUT2D eigenvalue weighted by molar-refractivity contribution is 7.89. The predicted molar refractivity (Wildman–Crippen MR) is 158 cm³/mol. The number of aliphatic hydroxyl groups is 1. The molecule has 4 rings (SSSR count). The number of hydrogen-bond acceptors (Lipinski definition) is 8. The molecule has 11 nitrogen and oxygen atoms in total. The third-order valence-electron chi connectivity index (χ3n) is 8.28. The fraction of sp³-hybridized carbons (Fsp3) is 0.548. The van der Waals surface area contributed by atoms with Gasteiger partial charge in [-0.05, 0) is 54.5 Å². The molecule has 0 bridgehead atoms. The van der Waals surface area contributed by atoms with Crippen molar-refractivity contribution in [1.29, 1.82) is 5.26 Å². The van der Waals surface area contributed by atoms with E-state index in [1.807, 2.05) is 44.2 Å². The van der Waals surface area contributed by atoms with Gasteiger partial charge in [0.1, 0.15) is 5.75 Å². The van der Waals surface area contributed by atoms with Crippen LogP contribution in [0.4, 0.5) is 4.79 Å². The second-order valence-corrected chi connectivity index (χ2v) is 13.8. The van der Waals surface area contributed by atoms with Crippen molar-refractivity contribution in [2.45, 2.75) is 68.9 Å². The van der Waals surface area contributed by atoms with E-state index in [-0.39, 0.29) is 43.4 Å². The van der Waals surface area contributed by atoms with Gasteiger partial charge in [-0.3, -0.25) is 4.90 Å². The van der Waals surface area contributed by atoms with Crippen molar-refractivity contribution in [3.8, 4) is 11.8 Å². The molecule has 0 saturated carbocycles. The molecule has 2 saturated heterocycles. The summed E-state index contributed by atoms with van der Waals surface area (Å²) in [6.45, 7) is 3.97. The molecule has 2 aromatic carbocycles. The lowest BCUT2D eigenvalue weighted by Gasteiger charge is -2.40. The monoisotopic (exact) mass is 615 g/mol. The van der Waals surface area contributed by atoms with Gasteiger partial charge in [0.15, 0.2) is 6.29 Å². The van der Waals surface area contributed by atoms with Crippen LogP contribution in [0.2, 0.25) is 0 Å². The lowest BCUT2D eigenvalue weighted by atomic mass is 9.87. The van der Waals surface area contributed by atoms with Gasteiger partial charge in [0.05, 0.1) is 49.5 Å². The van der Waals surface area contributed by atoms with Crippen LogP contribution >= 0.6 is 0 Å². The molecule has 0 aromatic heterocycles. The number of hydrogen-bond donors (Lipinski definition) is 2. The van der Waals surface area contributed by atoms with Crippen LogP contribution in [0.3, 0.4) is 0 Å². The van der Waals surface area contributed by atoms with E-state index in [1.54, 1.807) is 12.1 Å². The van der Waals surface area contributed by atoms with Gasteiger partial charge in [0.25, 0.3) is 0 Å². The number of amides is 1. The molecular formula is C31H41N3O8S. The number of carboxylic acid groups (broad SMARTS) is 1. The number of nitriles is 1. The molecule has 2 N–H and O–H groups in total. The number of ether oxygens (including phenoxy) is 3. The Morgan fingerprint density at radius 1 is 1.16 bits per heavy atom. The highest BCUT2D eigenvalue weighted by Gasteiger charge is 2.49. The number of nitrogens with zero attached hydrogens (tertiary/aromatic N) is 3. The van der Waals surface area contributed by atoms with E-state index in [4.69, 9.17) is 14.2 Å². The van der Waals surface area contributed by atoms with E-state index in [0.717, 1.165) is 5.56 Å². The maximum Gasteiger partial charge on any atom is 0.407 e. The maximum absolute atomic E-state index is 14.1. The van der Waals surface area contributed by atoms with Crippen molar-refractivity contribution < 1.29 is 37.6 Å². The molecule has 0 spiro atoms. The Hall–Kier alpha value is -3.21. The second kappa shape index (κ2) is 14.1. The van der Waals surface area contributed by atoms with Crippen LogP contribution < -0.4 is 4.74 Å². The summed E-state index contributed by atoms with van der Waals surface area (Å²) < 4.78 is 45.9. The number of rotatable bonds is 14. The molecule has 1 amide bonds. The van der Waals surface area contributed by atoms with Gasteiger partial charge in [-0.15, -0.1) is 0 Å². The van der Waals surface area contributed by atoms with Crippen molar-refractivity contribution in [3.05, 3.63) is 60.2 Å². The van der Waals surface area contributed by atoms with Crippen LogP contribution in [0.15, 0.2) is 59.5 Å². The lowest BCUT2D eigenvalue weighted by Crippen LogP contribution is -2.58. The molecule has 2 heterocycles. The van der Waals surface area contributed by atoms with E-state index >= 15 is 0 Å². The Balaban J connectivity index is 1.71. The van der Waals surface area contributed by atoms with Crippen LogP contribution in [-0.4, -0.2) is 91.8 Å². The number of methoxy groups -OCH3 is 1. The van der Waals surface area contributed by atoms with E-state index in [9.17, 15) is 28.7 Å². The van der Waals surface area contributed by atoms with Crippen LogP contribution in [0.1, 0.15) is 38.7 Å². The van der Waals surface area contributed by atoms with Crippen LogP contribution in [0.5, 0.6) is 5.75 Å². The molecule has 2 aliphatic heterocycles. The Labute approximate surface area is 253 Å². The maximum atomic E-state index is 14.1. The Morgan fingerprint density at radius 2 is 1.86 bits per heavy atom. The smallest absolute Gasteiger partial charge is 0.407 e. The molecule has 2 aromatic rings. The average molecular weight is 616 g/mol. The molecule has 0 aliphatic carbocycles. The number of carbonyl (C=O) groups is 1. The number of sulfonamides is 1. The van der Waals surface area contributed by atoms with Crippen molar-refractivity contribution in [1.82, 2.24) is 9.21 Å². The minimum Gasteiger partial charge on any atom is -0.497 e. The molecule has 43 heavy (non-hydrogen) atoms. The first-order valence-corrected chi connectivity index (χ1v) is 15.9. The summed E-state index contributed by atoms with van der Waals surface area (Å²) in [5.41, 5.74) is 0.194. The third-order valence-corrected chi connectivity index (χ3v) is 10.1. The fourth-order valence-corrected chi connectivity index (χ4v) is 7.61. The summed E-state index contributed by atoms with van der Waals surface area (Å²) in [6, 6.07) is 15.8. The lowest BCUT2D eigenvalue weighted by molar-refractivity contribution is -0.0906. The molecule has 0 radical (unpaired) electrons. The Morgan fingerprint density at radius 3 is 2.49 bits per heavy atom. The average Bonchev–Trinajstić information content (AvgIpc) is 3.61. The minimum absolute atomic E-state index is 0.0102. The van der Waals surface area contributed by atoms with Crippen molar-refractivity contribution in [3.63, 3.8) is 0 Å². The van der Waals surface area contributed by atoms with E-state index in [0.29, 0.717) is 25.2 Å². The van der Waals surface area contributed by atoms with Gasteiger partial charge >= 0.3 is 6.09 Å². The van der Waals surface area contributed by atoms with Gasteiger partial charge in [0, 0.05) is 25.4 Å². The zero-order valence-electron chi connectivity index (χ0n) is 24.8. The molecule has 0 unspecified atom stereocenters. The molecule has 234 valence electrons. The van der Waals surface area contributed by atoms with Gasteiger partial charge in [-0.1, -0.05) is 44.2 Å². The van der Waals surface area contributed by atoms with Crippen LogP contribution in [0.25, 0.3) is 0 Å². The Kier molecular flexibility index (Phi) is 10.7. The summed E-state index contributed by atoms with van der Waals surface area (Å²) in [5, 5.41) is 31.5. The summed E-state index contributed by atoms with van der Waals surface area (Å²) in [5.74, 6) is 0.304. The van der Waals surface area contributed by atoms with Crippen LogP contribution in [0, 0.1) is 22.7 Å².